The van der Waals surface area contributed by atoms with Crippen LogP contribution in [0.3, 0.4) is 0 Å². The van der Waals surface area contributed by atoms with E-state index in [-0.39, 0.29) is 19.4 Å². The van der Waals surface area contributed by atoms with Crippen LogP contribution in [0.1, 0.15) is 29.5 Å². The molecule has 1 aromatic carbocycles. The summed E-state index contributed by atoms with van der Waals surface area (Å²) >= 11 is 0. The summed E-state index contributed by atoms with van der Waals surface area (Å²) in [5.41, 5.74) is 1.43. The van der Waals surface area contributed by atoms with Gasteiger partial charge in [-0.25, -0.2) is 0 Å². The molecule has 0 saturated heterocycles. The van der Waals surface area contributed by atoms with E-state index in [1.165, 1.54) is 0 Å². The van der Waals surface area contributed by atoms with Crippen molar-refractivity contribution in [3.8, 4) is 0 Å². The lowest BCUT2D eigenvalue weighted by molar-refractivity contribution is -0.166. The van der Waals surface area contributed by atoms with E-state index in [0.29, 0.717) is 0 Å². The molecule has 0 radical (unpaired) electrons. The topological polar surface area (TPSA) is 12.0 Å². The average molecular weight is 243 g/mol. The number of nitrogens with one attached hydrogen (secondary N) is 1. The minimum atomic E-state index is -4.13. The first-order valence-electron chi connectivity index (χ1n) is 5.72. The van der Waals surface area contributed by atoms with Crippen molar-refractivity contribution in [3.63, 3.8) is 0 Å². The first-order chi connectivity index (χ1) is 7.84. The Labute approximate surface area is 99.0 Å². The summed E-state index contributed by atoms with van der Waals surface area (Å²) in [6.07, 6.45) is -3.74. The SMILES string of the molecule is Cc1ccc(C)c(CNC2(C(F)(F)F)CC2)c1. The summed E-state index contributed by atoms with van der Waals surface area (Å²) in [6, 6.07) is 5.85. The van der Waals surface area contributed by atoms with Gasteiger partial charge in [-0.15, -0.1) is 0 Å². The Kier molecular flexibility index (Phi) is 2.94. The first kappa shape index (κ1) is 12.4. The summed E-state index contributed by atoms with van der Waals surface area (Å²) < 4.78 is 38.1. The van der Waals surface area contributed by atoms with Crippen molar-refractivity contribution < 1.29 is 13.2 Å². The average Bonchev–Trinajstić information content (AvgIpc) is 2.99. The molecule has 1 aliphatic rings. The summed E-state index contributed by atoms with van der Waals surface area (Å²) in [6.45, 7) is 4.15. The quantitative estimate of drug-likeness (QED) is 0.857. The van der Waals surface area contributed by atoms with Crippen molar-refractivity contribution in [1.29, 1.82) is 0 Å². The second-order valence-electron chi connectivity index (χ2n) is 4.86. The van der Waals surface area contributed by atoms with Crippen LogP contribution >= 0.6 is 0 Å². The van der Waals surface area contributed by atoms with Gasteiger partial charge in [0.1, 0.15) is 5.54 Å². The Balaban J connectivity index is 2.06. The lowest BCUT2D eigenvalue weighted by Gasteiger charge is -2.21. The van der Waals surface area contributed by atoms with Crippen molar-refractivity contribution in [1.82, 2.24) is 5.32 Å². The highest BCUT2D eigenvalue weighted by Gasteiger charge is 2.62. The van der Waals surface area contributed by atoms with Gasteiger partial charge >= 0.3 is 6.18 Å². The van der Waals surface area contributed by atoms with Gasteiger partial charge in [0.2, 0.25) is 0 Å². The van der Waals surface area contributed by atoms with Crippen LogP contribution in [0.5, 0.6) is 0 Å². The zero-order valence-electron chi connectivity index (χ0n) is 9.99. The van der Waals surface area contributed by atoms with E-state index in [9.17, 15) is 13.2 Å². The van der Waals surface area contributed by atoms with E-state index < -0.39 is 11.7 Å². The molecule has 94 valence electrons. The van der Waals surface area contributed by atoms with Gasteiger partial charge in [-0.05, 0) is 37.8 Å². The molecule has 0 heterocycles. The van der Waals surface area contributed by atoms with Gasteiger partial charge in [0.15, 0.2) is 0 Å². The van der Waals surface area contributed by atoms with Crippen molar-refractivity contribution in [3.05, 3.63) is 34.9 Å². The maximum absolute atomic E-state index is 12.7. The molecule has 2 rings (SSSR count). The first-order valence-corrected chi connectivity index (χ1v) is 5.72. The highest BCUT2D eigenvalue weighted by molar-refractivity contribution is 5.30. The van der Waals surface area contributed by atoms with Crippen LogP contribution in [-0.4, -0.2) is 11.7 Å². The number of aryl methyl sites for hydroxylation is 2. The van der Waals surface area contributed by atoms with Gasteiger partial charge in [0.25, 0.3) is 0 Å². The van der Waals surface area contributed by atoms with E-state index in [4.69, 9.17) is 0 Å². The van der Waals surface area contributed by atoms with Crippen LogP contribution < -0.4 is 5.32 Å². The maximum Gasteiger partial charge on any atom is 0.406 e. The van der Waals surface area contributed by atoms with Crippen LogP contribution in [-0.2, 0) is 6.54 Å². The Morgan fingerprint density at radius 3 is 2.41 bits per heavy atom. The van der Waals surface area contributed by atoms with E-state index in [0.717, 1.165) is 16.7 Å². The molecule has 1 saturated carbocycles. The third-order valence-electron chi connectivity index (χ3n) is 3.41. The molecule has 17 heavy (non-hydrogen) atoms. The number of rotatable bonds is 3. The fraction of sp³-hybridized carbons (Fsp3) is 0.538. The molecule has 1 N–H and O–H groups in total. The lowest BCUT2D eigenvalue weighted by atomic mass is 10.1. The van der Waals surface area contributed by atoms with Crippen molar-refractivity contribution in [2.45, 2.75) is 44.9 Å². The molecule has 1 fully saturated rings. The maximum atomic E-state index is 12.7. The largest absolute Gasteiger partial charge is 0.406 e. The number of hydrogen-bond donors (Lipinski definition) is 1. The zero-order chi connectivity index (χ0) is 12.7. The van der Waals surface area contributed by atoms with Gasteiger partial charge in [0, 0.05) is 6.54 Å². The van der Waals surface area contributed by atoms with Gasteiger partial charge in [0.05, 0.1) is 0 Å². The zero-order valence-corrected chi connectivity index (χ0v) is 9.99. The molecule has 1 aromatic rings. The molecular weight excluding hydrogens is 227 g/mol. The third kappa shape index (κ3) is 2.46. The standard InChI is InChI=1S/C13H16F3N/c1-9-3-4-10(2)11(7-9)8-17-12(5-6-12)13(14,15)16/h3-4,7,17H,5-6,8H2,1-2H3. The summed E-state index contributed by atoms with van der Waals surface area (Å²) in [5.74, 6) is 0. The van der Waals surface area contributed by atoms with Crippen molar-refractivity contribution in [2.24, 2.45) is 0 Å². The van der Waals surface area contributed by atoms with E-state index in [1.54, 1.807) is 0 Å². The monoisotopic (exact) mass is 243 g/mol. The Morgan fingerprint density at radius 2 is 1.88 bits per heavy atom. The molecule has 0 aromatic heterocycles. The summed E-state index contributed by atoms with van der Waals surface area (Å²) in [7, 11) is 0. The number of alkyl halides is 3. The molecule has 0 spiro atoms. The third-order valence-corrected chi connectivity index (χ3v) is 3.41. The van der Waals surface area contributed by atoms with E-state index in [1.807, 2.05) is 32.0 Å². The molecule has 0 amide bonds. The van der Waals surface area contributed by atoms with Crippen LogP contribution in [0.15, 0.2) is 18.2 Å². The Bertz CT molecular complexity index is 419. The van der Waals surface area contributed by atoms with Gasteiger partial charge in [-0.3, -0.25) is 5.32 Å². The molecule has 0 atom stereocenters. The smallest absolute Gasteiger partial charge is 0.299 e. The van der Waals surface area contributed by atoms with Crippen LogP contribution in [0.25, 0.3) is 0 Å². The molecule has 1 nitrogen and oxygen atoms in total. The predicted molar refractivity (Wildman–Crippen MR) is 60.8 cm³/mol. The lowest BCUT2D eigenvalue weighted by Crippen LogP contribution is -2.44. The predicted octanol–water partition coefficient (Wildman–Crippen LogP) is 3.49. The fourth-order valence-corrected chi connectivity index (χ4v) is 1.94. The Morgan fingerprint density at radius 1 is 1.24 bits per heavy atom. The number of halogens is 3. The molecule has 1 aliphatic carbocycles. The Hall–Kier alpha value is -1.03. The van der Waals surface area contributed by atoms with Crippen LogP contribution in [0.2, 0.25) is 0 Å². The second-order valence-corrected chi connectivity index (χ2v) is 4.86. The molecule has 0 unspecified atom stereocenters. The molecule has 0 bridgehead atoms. The minimum absolute atomic E-state index is 0.196. The van der Waals surface area contributed by atoms with Gasteiger partial charge in [-0.1, -0.05) is 23.8 Å². The second kappa shape index (κ2) is 4.02. The number of benzene rings is 1. The van der Waals surface area contributed by atoms with Crippen molar-refractivity contribution >= 4 is 0 Å². The van der Waals surface area contributed by atoms with Crippen molar-refractivity contribution in [2.75, 3.05) is 0 Å². The van der Waals surface area contributed by atoms with Crippen LogP contribution in [0, 0.1) is 13.8 Å². The highest BCUT2D eigenvalue weighted by Crippen LogP contribution is 2.49. The molecule has 4 heteroatoms. The molecular formula is C13H16F3N. The van der Waals surface area contributed by atoms with E-state index >= 15 is 0 Å². The minimum Gasteiger partial charge on any atom is -0.299 e. The molecule has 0 aliphatic heterocycles. The number of hydrogen-bond acceptors (Lipinski definition) is 1. The van der Waals surface area contributed by atoms with Crippen LogP contribution in [0.4, 0.5) is 13.2 Å². The highest BCUT2D eigenvalue weighted by atomic mass is 19.4. The van der Waals surface area contributed by atoms with Gasteiger partial charge < -0.3 is 0 Å². The summed E-state index contributed by atoms with van der Waals surface area (Å²) in [5, 5.41) is 2.67. The fourth-order valence-electron chi connectivity index (χ4n) is 1.94. The van der Waals surface area contributed by atoms with Gasteiger partial charge in [-0.2, -0.15) is 13.2 Å². The normalized spacial score (nSPS) is 18.2. The van der Waals surface area contributed by atoms with E-state index in [2.05, 4.69) is 5.32 Å². The summed E-state index contributed by atoms with van der Waals surface area (Å²) in [4.78, 5) is 0.